The molecule has 0 radical (unpaired) electrons. The van der Waals surface area contributed by atoms with Crippen molar-refractivity contribution < 1.29 is 9.90 Å². The van der Waals surface area contributed by atoms with E-state index >= 15 is 0 Å². The van der Waals surface area contributed by atoms with Crippen LogP contribution in [0.4, 0.5) is 0 Å². The Morgan fingerprint density at radius 3 is 3.00 bits per heavy atom. The second kappa shape index (κ2) is 2.24. The van der Waals surface area contributed by atoms with Gasteiger partial charge in [-0.1, -0.05) is 6.07 Å². The smallest absolute Gasteiger partial charge is 0.254 e. The molecule has 0 bridgehead atoms. The number of benzene rings is 1. The first-order valence-electron chi connectivity index (χ1n) is 3.76. The lowest BCUT2D eigenvalue weighted by Crippen LogP contribution is -2.17. The summed E-state index contributed by atoms with van der Waals surface area (Å²) in [4.78, 5) is 13.0. The van der Waals surface area contributed by atoms with Crippen molar-refractivity contribution in [3.63, 3.8) is 0 Å². The van der Waals surface area contributed by atoms with E-state index in [0.29, 0.717) is 12.1 Å². The molecule has 1 amide bonds. The number of carbonyl (C=O) groups is 1. The van der Waals surface area contributed by atoms with Crippen LogP contribution in [-0.4, -0.2) is 23.0 Å². The van der Waals surface area contributed by atoms with E-state index in [2.05, 4.69) is 0 Å². The van der Waals surface area contributed by atoms with E-state index < -0.39 is 0 Å². The Morgan fingerprint density at radius 2 is 2.25 bits per heavy atom. The first-order chi connectivity index (χ1) is 5.68. The zero-order chi connectivity index (χ0) is 8.72. The maximum absolute atomic E-state index is 11.4. The zero-order valence-corrected chi connectivity index (χ0v) is 6.74. The van der Waals surface area contributed by atoms with Crippen LogP contribution in [0.2, 0.25) is 0 Å². The zero-order valence-electron chi connectivity index (χ0n) is 6.74. The fourth-order valence-electron chi connectivity index (χ4n) is 1.43. The number of phenolic OH excluding ortho intramolecular Hbond substituents is 1. The molecule has 3 nitrogen and oxygen atoms in total. The summed E-state index contributed by atoms with van der Waals surface area (Å²) in [5.41, 5.74) is 1.61. The predicted molar refractivity (Wildman–Crippen MR) is 43.9 cm³/mol. The molecule has 3 heteroatoms. The molecule has 1 heterocycles. The van der Waals surface area contributed by atoms with Crippen LogP contribution < -0.4 is 0 Å². The van der Waals surface area contributed by atoms with E-state index in [9.17, 15) is 4.79 Å². The quantitative estimate of drug-likeness (QED) is 0.619. The molecule has 1 aliphatic rings. The van der Waals surface area contributed by atoms with E-state index in [4.69, 9.17) is 5.11 Å². The lowest BCUT2D eigenvalue weighted by molar-refractivity contribution is 0.0816. The molecule has 0 unspecified atom stereocenters. The van der Waals surface area contributed by atoms with E-state index in [0.717, 1.165) is 5.56 Å². The van der Waals surface area contributed by atoms with Crippen molar-refractivity contribution in [3.05, 3.63) is 29.3 Å². The molecule has 0 fully saturated rings. The minimum absolute atomic E-state index is 0.0131. The van der Waals surface area contributed by atoms with Crippen LogP contribution in [0.5, 0.6) is 5.75 Å². The number of hydrogen-bond donors (Lipinski definition) is 1. The third-order valence-electron chi connectivity index (χ3n) is 2.08. The van der Waals surface area contributed by atoms with Gasteiger partial charge in [0, 0.05) is 19.2 Å². The first kappa shape index (κ1) is 7.16. The Morgan fingerprint density at radius 1 is 1.50 bits per heavy atom. The molecular weight excluding hydrogens is 154 g/mol. The normalized spacial score (nSPS) is 15.1. The highest BCUT2D eigenvalue weighted by Crippen LogP contribution is 2.24. The number of amides is 1. The predicted octanol–water partition coefficient (Wildman–Crippen LogP) is 0.978. The molecular formula is C9H9NO2. The van der Waals surface area contributed by atoms with Gasteiger partial charge in [0.25, 0.3) is 5.91 Å². The minimum Gasteiger partial charge on any atom is -0.508 e. The van der Waals surface area contributed by atoms with Gasteiger partial charge in [0.15, 0.2) is 0 Å². The Hall–Kier alpha value is -1.51. The molecule has 0 aliphatic carbocycles. The summed E-state index contributed by atoms with van der Waals surface area (Å²) in [6.07, 6.45) is 0. The van der Waals surface area contributed by atoms with Crippen LogP contribution in [0.25, 0.3) is 0 Å². The third-order valence-corrected chi connectivity index (χ3v) is 2.08. The van der Waals surface area contributed by atoms with Crippen LogP contribution in [-0.2, 0) is 6.54 Å². The van der Waals surface area contributed by atoms with E-state index in [1.54, 1.807) is 24.1 Å². The SMILES string of the molecule is CN1Cc2ccc(O)cc2C1=O. The third kappa shape index (κ3) is 0.863. The van der Waals surface area contributed by atoms with Crippen molar-refractivity contribution >= 4 is 5.91 Å². The molecule has 62 valence electrons. The van der Waals surface area contributed by atoms with Gasteiger partial charge in [-0.05, 0) is 17.7 Å². The number of rotatable bonds is 0. The van der Waals surface area contributed by atoms with E-state index in [1.807, 2.05) is 0 Å². The van der Waals surface area contributed by atoms with Gasteiger partial charge in [0.1, 0.15) is 5.75 Å². The number of aromatic hydroxyl groups is 1. The van der Waals surface area contributed by atoms with Crippen molar-refractivity contribution in [1.29, 1.82) is 0 Å². The van der Waals surface area contributed by atoms with Gasteiger partial charge in [-0.3, -0.25) is 4.79 Å². The first-order valence-corrected chi connectivity index (χ1v) is 3.76. The molecule has 12 heavy (non-hydrogen) atoms. The van der Waals surface area contributed by atoms with Crippen LogP contribution in [0.15, 0.2) is 18.2 Å². The molecule has 0 aromatic heterocycles. The summed E-state index contributed by atoms with van der Waals surface area (Å²) < 4.78 is 0. The van der Waals surface area contributed by atoms with Crippen molar-refractivity contribution in [2.24, 2.45) is 0 Å². The number of phenols is 1. The summed E-state index contributed by atoms with van der Waals surface area (Å²) in [5, 5.41) is 9.13. The van der Waals surface area contributed by atoms with Crippen LogP contribution in [0, 0.1) is 0 Å². The Kier molecular flexibility index (Phi) is 1.33. The molecule has 0 atom stereocenters. The maximum Gasteiger partial charge on any atom is 0.254 e. The monoisotopic (exact) mass is 163 g/mol. The Labute approximate surface area is 70.2 Å². The van der Waals surface area contributed by atoms with Crippen molar-refractivity contribution in [2.45, 2.75) is 6.54 Å². The molecule has 1 aromatic rings. The Balaban J connectivity index is 2.56. The summed E-state index contributed by atoms with van der Waals surface area (Å²) in [6, 6.07) is 4.90. The van der Waals surface area contributed by atoms with Crippen molar-refractivity contribution in [1.82, 2.24) is 4.90 Å². The van der Waals surface area contributed by atoms with Gasteiger partial charge in [0.2, 0.25) is 0 Å². The summed E-state index contributed by atoms with van der Waals surface area (Å²) >= 11 is 0. The highest BCUT2D eigenvalue weighted by Gasteiger charge is 2.23. The molecule has 1 N–H and O–H groups in total. The van der Waals surface area contributed by atoms with Gasteiger partial charge < -0.3 is 10.0 Å². The topological polar surface area (TPSA) is 40.5 Å². The second-order valence-electron chi connectivity index (χ2n) is 3.00. The largest absolute Gasteiger partial charge is 0.508 e. The van der Waals surface area contributed by atoms with Gasteiger partial charge in [0.05, 0.1) is 0 Å². The molecule has 0 saturated carbocycles. The minimum atomic E-state index is -0.0131. The number of hydrogen-bond acceptors (Lipinski definition) is 2. The molecule has 1 aliphatic heterocycles. The molecule has 0 spiro atoms. The van der Waals surface area contributed by atoms with Gasteiger partial charge >= 0.3 is 0 Å². The number of carbonyl (C=O) groups excluding carboxylic acids is 1. The molecule has 1 aromatic carbocycles. The number of fused-ring (bicyclic) bond motifs is 1. The van der Waals surface area contributed by atoms with Gasteiger partial charge in [-0.2, -0.15) is 0 Å². The van der Waals surface area contributed by atoms with Crippen LogP contribution >= 0.6 is 0 Å². The van der Waals surface area contributed by atoms with Crippen LogP contribution in [0.1, 0.15) is 15.9 Å². The van der Waals surface area contributed by atoms with E-state index in [-0.39, 0.29) is 11.7 Å². The number of nitrogens with zero attached hydrogens (tertiary/aromatic N) is 1. The van der Waals surface area contributed by atoms with Gasteiger partial charge in [-0.15, -0.1) is 0 Å². The van der Waals surface area contributed by atoms with Crippen molar-refractivity contribution in [3.8, 4) is 5.75 Å². The average Bonchev–Trinajstić information content (AvgIpc) is 2.31. The van der Waals surface area contributed by atoms with Gasteiger partial charge in [-0.25, -0.2) is 0 Å². The van der Waals surface area contributed by atoms with Crippen molar-refractivity contribution in [2.75, 3.05) is 7.05 Å². The lowest BCUT2D eigenvalue weighted by atomic mass is 10.1. The average molecular weight is 163 g/mol. The Bertz CT molecular complexity index is 346. The standard InChI is InChI=1S/C9H9NO2/c1-10-5-6-2-3-7(11)4-8(6)9(10)12/h2-4,11H,5H2,1H3. The fourth-order valence-corrected chi connectivity index (χ4v) is 1.43. The summed E-state index contributed by atoms with van der Waals surface area (Å²) in [7, 11) is 1.75. The second-order valence-corrected chi connectivity index (χ2v) is 3.00. The molecule has 0 saturated heterocycles. The summed E-state index contributed by atoms with van der Waals surface area (Å²) in [5.74, 6) is 0.137. The fraction of sp³-hybridized carbons (Fsp3) is 0.222. The summed E-state index contributed by atoms with van der Waals surface area (Å²) in [6.45, 7) is 0.647. The highest BCUT2D eigenvalue weighted by molar-refractivity contribution is 5.98. The highest BCUT2D eigenvalue weighted by atomic mass is 16.3. The van der Waals surface area contributed by atoms with Crippen LogP contribution in [0.3, 0.4) is 0 Å². The van der Waals surface area contributed by atoms with E-state index in [1.165, 1.54) is 6.07 Å². The maximum atomic E-state index is 11.4. The lowest BCUT2D eigenvalue weighted by Gasteiger charge is -2.04. The molecule has 2 rings (SSSR count).